The Labute approximate surface area is 41.1 Å². The van der Waals surface area contributed by atoms with Crippen LogP contribution in [-0.4, -0.2) is 0 Å². The first-order valence-electron chi connectivity index (χ1n) is 0.724. The van der Waals surface area contributed by atoms with Gasteiger partial charge in [-0.25, -0.2) is 0 Å². The molecule has 1 nitrogen and oxygen atoms in total. The van der Waals surface area contributed by atoms with E-state index in [-0.39, 0.29) is 22.4 Å². The van der Waals surface area contributed by atoms with Gasteiger partial charge in [-0.2, -0.15) is 5.26 Å². The van der Waals surface area contributed by atoms with Gasteiger partial charge in [0.2, 0.25) is 0 Å². The van der Waals surface area contributed by atoms with Crippen LogP contribution in [0.4, 0.5) is 0 Å². The molecule has 0 heterocycles. The standard InChI is InChI=1S/C2H3N.Ag/c1-2-3;/h1H3;. The average Bonchev–Trinajstić information content (AvgIpc) is 0.918. The van der Waals surface area contributed by atoms with Crippen LogP contribution in [0.2, 0.25) is 0 Å². The maximum absolute atomic E-state index is 7.32. The summed E-state index contributed by atoms with van der Waals surface area (Å²) in [6.07, 6.45) is 0. The number of nitrogens with zero attached hydrogens (tertiary/aromatic N) is 1. The maximum atomic E-state index is 7.32. The summed E-state index contributed by atoms with van der Waals surface area (Å²) in [6, 6.07) is 1.75. The third-order valence-corrected chi connectivity index (χ3v) is 0. The van der Waals surface area contributed by atoms with E-state index in [9.17, 15) is 0 Å². The van der Waals surface area contributed by atoms with Crippen molar-refractivity contribution in [2.24, 2.45) is 0 Å². The molecule has 0 saturated heterocycles. The van der Waals surface area contributed by atoms with Gasteiger partial charge in [0.25, 0.3) is 0 Å². The normalized spacial score (nSPS) is 2.00. The Bertz CT molecular complexity index is 27.5. The molecule has 0 aromatic rings. The van der Waals surface area contributed by atoms with Crippen molar-refractivity contribution >= 4 is 0 Å². The average molecular weight is 149 g/mol. The van der Waals surface area contributed by atoms with Crippen LogP contribution in [0.15, 0.2) is 0 Å². The second kappa shape index (κ2) is 10.6. The van der Waals surface area contributed by atoms with Gasteiger partial charge in [-0.15, -0.1) is 0 Å². The van der Waals surface area contributed by atoms with Crippen molar-refractivity contribution in [3.05, 3.63) is 0 Å². The predicted octanol–water partition coefficient (Wildman–Crippen LogP) is 0.527. The first-order chi connectivity index (χ1) is 1.41. The Morgan fingerprint density at radius 2 is 1.75 bits per heavy atom. The molecule has 0 unspecified atom stereocenters. The fourth-order valence-corrected chi connectivity index (χ4v) is 0. The Kier molecular flexibility index (Phi) is 23.6. The second-order valence-electron chi connectivity index (χ2n) is 0.224. The van der Waals surface area contributed by atoms with E-state index in [1.807, 2.05) is 0 Å². The van der Waals surface area contributed by atoms with Crippen molar-refractivity contribution in [2.75, 3.05) is 0 Å². The first kappa shape index (κ1) is 8.87. The van der Waals surface area contributed by atoms with Crippen LogP contribution in [0.25, 0.3) is 0 Å². The zero-order chi connectivity index (χ0) is 2.71. The molecule has 27 valence electrons. The molecule has 0 aliphatic rings. The predicted molar refractivity (Wildman–Crippen MR) is 11.3 cm³/mol. The van der Waals surface area contributed by atoms with Crippen molar-refractivity contribution in [1.82, 2.24) is 0 Å². The SMILES string of the molecule is CC#N.[Ag]. The van der Waals surface area contributed by atoms with Gasteiger partial charge < -0.3 is 0 Å². The summed E-state index contributed by atoms with van der Waals surface area (Å²) in [6.45, 7) is 1.43. The number of nitriles is 1. The van der Waals surface area contributed by atoms with Crippen molar-refractivity contribution < 1.29 is 22.4 Å². The molecule has 0 fully saturated rings. The van der Waals surface area contributed by atoms with Crippen LogP contribution in [0.3, 0.4) is 0 Å². The van der Waals surface area contributed by atoms with E-state index in [0.717, 1.165) is 0 Å². The summed E-state index contributed by atoms with van der Waals surface area (Å²) in [7, 11) is 0. The smallest absolute Gasteiger partial charge is 0.0587 e. The Morgan fingerprint density at radius 1 is 1.75 bits per heavy atom. The molecule has 4 heavy (non-hydrogen) atoms. The molecule has 0 aliphatic heterocycles. The molecule has 2 heteroatoms. The molecule has 0 bridgehead atoms. The van der Waals surface area contributed by atoms with Gasteiger partial charge in [-0.05, 0) is 0 Å². The van der Waals surface area contributed by atoms with E-state index >= 15 is 0 Å². The topological polar surface area (TPSA) is 23.8 Å². The number of hydrogen-bond donors (Lipinski definition) is 0. The molecule has 0 aromatic carbocycles. The third-order valence-electron chi connectivity index (χ3n) is 0. The Morgan fingerprint density at radius 3 is 1.75 bits per heavy atom. The monoisotopic (exact) mass is 148 g/mol. The van der Waals surface area contributed by atoms with Crippen LogP contribution in [0.1, 0.15) is 6.92 Å². The minimum absolute atomic E-state index is 0. The van der Waals surface area contributed by atoms with E-state index in [0.29, 0.717) is 0 Å². The van der Waals surface area contributed by atoms with E-state index in [1.165, 1.54) is 6.92 Å². The van der Waals surface area contributed by atoms with Gasteiger partial charge in [0, 0.05) is 29.3 Å². The summed E-state index contributed by atoms with van der Waals surface area (Å²) < 4.78 is 0. The van der Waals surface area contributed by atoms with Crippen LogP contribution >= 0.6 is 0 Å². The van der Waals surface area contributed by atoms with Gasteiger partial charge >= 0.3 is 0 Å². The van der Waals surface area contributed by atoms with Gasteiger partial charge in [0.1, 0.15) is 0 Å². The van der Waals surface area contributed by atoms with Gasteiger partial charge in [-0.1, -0.05) is 0 Å². The van der Waals surface area contributed by atoms with Crippen LogP contribution < -0.4 is 0 Å². The molecule has 0 atom stereocenters. The van der Waals surface area contributed by atoms with Crippen molar-refractivity contribution in [3.8, 4) is 6.07 Å². The zero-order valence-electron chi connectivity index (χ0n) is 2.25. The summed E-state index contributed by atoms with van der Waals surface area (Å²) in [5.41, 5.74) is 0. The number of rotatable bonds is 0. The maximum Gasteiger partial charge on any atom is 0.0587 e. The van der Waals surface area contributed by atoms with Gasteiger partial charge in [0.15, 0.2) is 0 Å². The molecular formula is C2H3AgN. The largest absolute Gasteiger partial charge is 0.199 e. The van der Waals surface area contributed by atoms with E-state index in [1.54, 1.807) is 6.07 Å². The molecule has 0 aliphatic carbocycles. The molecule has 0 rings (SSSR count). The van der Waals surface area contributed by atoms with Crippen LogP contribution in [-0.2, 0) is 22.4 Å². The second-order valence-corrected chi connectivity index (χ2v) is 0.224. The minimum Gasteiger partial charge on any atom is -0.199 e. The zero-order valence-corrected chi connectivity index (χ0v) is 3.73. The minimum atomic E-state index is 0. The van der Waals surface area contributed by atoms with Crippen molar-refractivity contribution in [1.29, 1.82) is 5.26 Å². The first-order valence-corrected chi connectivity index (χ1v) is 0.724. The fraction of sp³-hybridized carbons (Fsp3) is 0.500. The molecule has 0 aromatic heterocycles. The van der Waals surface area contributed by atoms with E-state index in [4.69, 9.17) is 5.26 Å². The van der Waals surface area contributed by atoms with Crippen LogP contribution in [0, 0.1) is 11.3 Å². The molecule has 0 N–H and O–H groups in total. The van der Waals surface area contributed by atoms with E-state index in [2.05, 4.69) is 0 Å². The van der Waals surface area contributed by atoms with Crippen molar-refractivity contribution in [3.63, 3.8) is 0 Å². The fourth-order valence-electron chi connectivity index (χ4n) is 0. The van der Waals surface area contributed by atoms with Gasteiger partial charge in [-0.3, -0.25) is 0 Å². The molecular weight excluding hydrogens is 146 g/mol. The van der Waals surface area contributed by atoms with Crippen molar-refractivity contribution in [2.45, 2.75) is 6.92 Å². The quantitative estimate of drug-likeness (QED) is 0.460. The summed E-state index contributed by atoms with van der Waals surface area (Å²) in [5.74, 6) is 0. The summed E-state index contributed by atoms with van der Waals surface area (Å²) >= 11 is 0. The Hall–Kier alpha value is 0.230. The number of hydrogen-bond acceptors (Lipinski definition) is 1. The van der Waals surface area contributed by atoms with E-state index < -0.39 is 0 Å². The van der Waals surface area contributed by atoms with Gasteiger partial charge in [0.05, 0.1) is 6.07 Å². The summed E-state index contributed by atoms with van der Waals surface area (Å²) in [4.78, 5) is 0. The third kappa shape index (κ3) is 63.7. The van der Waals surface area contributed by atoms with Crippen LogP contribution in [0.5, 0.6) is 0 Å². The molecule has 0 amide bonds. The Balaban J connectivity index is 0. The summed E-state index contributed by atoms with van der Waals surface area (Å²) in [5, 5.41) is 7.32. The molecule has 0 spiro atoms. The molecule has 0 saturated carbocycles. The molecule has 1 radical (unpaired) electrons.